The summed E-state index contributed by atoms with van der Waals surface area (Å²) in [6.45, 7) is 2.43. The molecule has 11 heteroatoms. The summed E-state index contributed by atoms with van der Waals surface area (Å²) in [7, 11) is 1.52. The molecule has 47 heavy (non-hydrogen) atoms. The molecule has 3 amide bonds. The zero-order valence-corrected chi connectivity index (χ0v) is 26.5. The number of anilines is 3. The highest BCUT2D eigenvalue weighted by Crippen LogP contribution is 2.32. The summed E-state index contributed by atoms with van der Waals surface area (Å²) in [6, 6.07) is 26.8. The summed E-state index contributed by atoms with van der Waals surface area (Å²) in [6.07, 6.45) is 0. The van der Waals surface area contributed by atoms with Crippen LogP contribution in [0.4, 0.5) is 17.1 Å². The Labute approximate surface area is 277 Å². The third-order valence-electron chi connectivity index (χ3n) is 8.24. The third-order valence-corrected chi connectivity index (χ3v) is 8.49. The normalized spacial score (nSPS) is 14.9. The van der Waals surface area contributed by atoms with Crippen molar-refractivity contribution in [2.45, 2.75) is 12.6 Å². The average Bonchev–Trinajstić information content (AvgIpc) is 3.34. The van der Waals surface area contributed by atoms with Gasteiger partial charge in [0, 0.05) is 36.0 Å². The highest BCUT2D eigenvalue weighted by molar-refractivity contribution is 6.52. The van der Waals surface area contributed by atoms with Crippen LogP contribution in [0.15, 0.2) is 97.1 Å². The second kappa shape index (κ2) is 14.1. The molecule has 0 spiro atoms. The van der Waals surface area contributed by atoms with Crippen molar-refractivity contribution in [3.8, 4) is 5.75 Å². The van der Waals surface area contributed by atoms with Gasteiger partial charge in [0.15, 0.2) is 0 Å². The first-order valence-electron chi connectivity index (χ1n) is 15.2. The lowest BCUT2D eigenvalue weighted by molar-refractivity contribution is -0.139. The number of nitrogens with one attached hydrogen (secondary N) is 1. The average molecular weight is 653 g/mol. The highest BCUT2D eigenvalue weighted by Gasteiger charge is 2.39. The van der Waals surface area contributed by atoms with Crippen molar-refractivity contribution in [3.63, 3.8) is 0 Å². The fraction of sp³-hybridized carbons (Fsp3) is 0.222. The van der Waals surface area contributed by atoms with Gasteiger partial charge in [-0.1, -0.05) is 48.0 Å². The minimum absolute atomic E-state index is 0.0128. The van der Waals surface area contributed by atoms with E-state index in [1.165, 1.54) is 16.9 Å². The molecule has 2 aliphatic rings. The smallest absolute Gasteiger partial charge is 0.299 e. The van der Waals surface area contributed by atoms with E-state index in [4.69, 9.17) is 21.1 Å². The largest absolute Gasteiger partial charge is 0.497 e. The zero-order chi connectivity index (χ0) is 32.9. The number of benzene rings is 4. The second-order valence-corrected chi connectivity index (χ2v) is 11.6. The van der Waals surface area contributed by atoms with Crippen LogP contribution in [0.5, 0.6) is 5.75 Å². The Kier molecular flexibility index (Phi) is 9.51. The minimum atomic E-state index is -1.14. The number of hydrogen-bond acceptors (Lipinski definition) is 7. The molecule has 1 saturated heterocycles. The van der Waals surface area contributed by atoms with Gasteiger partial charge in [-0.15, -0.1) is 0 Å². The number of nitrogens with zero attached hydrogens (tertiary/aromatic N) is 3. The Morgan fingerprint density at radius 2 is 1.66 bits per heavy atom. The van der Waals surface area contributed by atoms with Crippen molar-refractivity contribution in [1.29, 1.82) is 0 Å². The fourth-order valence-corrected chi connectivity index (χ4v) is 5.94. The van der Waals surface area contributed by atoms with E-state index >= 15 is 0 Å². The fourth-order valence-electron chi connectivity index (χ4n) is 5.81. The Morgan fingerprint density at radius 1 is 0.936 bits per heavy atom. The van der Waals surface area contributed by atoms with E-state index in [0.29, 0.717) is 46.5 Å². The zero-order valence-electron chi connectivity index (χ0n) is 25.7. The number of methoxy groups -OCH3 is 1. The number of carbonyl (C=O) groups excluding carboxylic acids is 4. The lowest BCUT2D eigenvalue weighted by atomic mass is 10.0. The molecule has 1 fully saturated rings. The topological polar surface area (TPSA) is 108 Å². The van der Waals surface area contributed by atoms with E-state index in [-0.39, 0.29) is 12.1 Å². The van der Waals surface area contributed by atoms with Crippen molar-refractivity contribution in [1.82, 2.24) is 4.90 Å². The summed E-state index contributed by atoms with van der Waals surface area (Å²) >= 11 is 6.15. The molecule has 2 aliphatic heterocycles. The van der Waals surface area contributed by atoms with Crippen LogP contribution in [0.2, 0.25) is 5.02 Å². The van der Waals surface area contributed by atoms with Crippen molar-refractivity contribution in [2.75, 3.05) is 55.1 Å². The van der Waals surface area contributed by atoms with E-state index < -0.39 is 36.1 Å². The van der Waals surface area contributed by atoms with Crippen LogP contribution >= 0.6 is 11.6 Å². The van der Waals surface area contributed by atoms with E-state index in [1.54, 1.807) is 72.8 Å². The first kappa shape index (κ1) is 31.8. The lowest BCUT2D eigenvalue weighted by Gasteiger charge is -2.33. The molecule has 0 bridgehead atoms. The monoisotopic (exact) mass is 652 g/mol. The summed E-state index contributed by atoms with van der Waals surface area (Å²) < 4.78 is 10.9. The SMILES string of the molecule is COc1cccc(C(C(=O)Nc2ccc(N3CCOCC3)cc2)N(Cc2ccc(Cl)cc2)C(=O)CN2C(=O)C(=O)c3ccccc32)c1. The number of amides is 3. The number of ketones is 1. The maximum Gasteiger partial charge on any atom is 0.299 e. The Bertz CT molecular complexity index is 1790. The number of fused-ring (bicyclic) bond motifs is 1. The van der Waals surface area contributed by atoms with Gasteiger partial charge in [0.1, 0.15) is 18.3 Å². The molecule has 6 rings (SSSR count). The quantitative estimate of drug-likeness (QED) is 0.237. The molecule has 10 nitrogen and oxygen atoms in total. The first-order chi connectivity index (χ1) is 22.8. The number of para-hydroxylation sites is 1. The molecule has 1 unspecified atom stereocenters. The van der Waals surface area contributed by atoms with Crippen LogP contribution in [0.3, 0.4) is 0 Å². The Balaban J connectivity index is 1.35. The molecule has 4 aromatic rings. The van der Waals surface area contributed by atoms with Crippen molar-refractivity contribution in [2.24, 2.45) is 0 Å². The molecule has 0 aromatic heterocycles. The van der Waals surface area contributed by atoms with Gasteiger partial charge in [-0.2, -0.15) is 0 Å². The number of hydrogen-bond donors (Lipinski definition) is 1. The van der Waals surface area contributed by atoms with Gasteiger partial charge in [0.2, 0.25) is 5.91 Å². The number of Topliss-reactive ketones (excluding diaryl/α,β-unsaturated/α-hetero) is 1. The van der Waals surface area contributed by atoms with Crippen LogP contribution in [-0.2, 0) is 25.7 Å². The summed E-state index contributed by atoms with van der Waals surface area (Å²) in [4.78, 5) is 59.2. The van der Waals surface area contributed by atoms with Crippen LogP contribution < -0.4 is 19.9 Å². The predicted octanol–water partition coefficient (Wildman–Crippen LogP) is 5.12. The van der Waals surface area contributed by atoms with Gasteiger partial charge in [0.25, 0.3) is 17.6 Å². The molecule has 2 heterocycles. The standard InChI is InChI=1S/C36H33ClN4O6/c1-46-29-6-4-5-25(21-29)33(35(44)38-27-13-15-28(16-14-27)39-17-19-47-20-18-39)41(22-24-9-11-26(37)12-10-24)32(42)23-40-31-8-3-2-7-30(31)34(43)36(40)45/h2-16,21,33H,17-20,22-23H2,1H3,(H,38,44). The lowest BCUT2D eigenvalue weighted by Crippen LogP contribution is -2.46. The summed E-state index contributed by atoms with van der Waals surface area (Å²) in [5.74, 6) is -1.98. The minimum Gasteiger partial charge on any atom is -0.497 e. The van der Waals surface area contributed by atoms with Crippen molar-refractivity contribution in [3.05, 3.63) is 119 Å². The molecule has 4 aromatic carbocycles. The Hall–Kier alpha value is -5.19. The van der Waals surface area contributed by atoms with Gasteiger partial charge >= 0.3 is 0 Å². The van der Waals surface area contributed by atoms with Gasteiger partial charge < -0.3 is 24.6 Å². The van der Waals surface area contributed by atoms with Crippen LogP contribution in [0, 0.1) is 0 Å². The van der Waals surface area contributed by atoms with Crippen LogP contribution in [0.1, 0.15) is 27.5 Å². The number of morpholine rings is 1. The van der Waals surface area contributed by atoms with E-state index in [9.17, 15) is 19.2 Å². The van der Waals surface area contributed by atoms with Gasteiger partial charge in [-0.05, 0) is 71.8 Å². The predicted molar refractivity (Wildman–Crippen MR) is 179 cm³/mol. The molecule has 0 aliphatic carbocycles. The van der Waals surface area contributed by atoms with Crippen molar-refractivity contribution >= 4 is 52.2 Å². The first-order valence-corrected chi connectivity index (χ1v) is 15.6. The summed E-state index contributed by atoms with van der Waals surface area (Å²) in [5.41, 5.74) is 3.36. The number of ether oxygens (including phenoxy) is 2. The number of rotatable bonds is 10. The van der Waals surface area contributed by atoms with Crippen LogP contribution in [0.25, 0.3) is 0 Å². The van der Waals surface area contributed by atoms with E-state index in [2.05, 4.69) is 10.2 Å². The highest BCUT2D eigenvalue weighted by atomic mass is 35.5. The van der Waals surface area contributed by atoms with E-state index in [0.717, 1.165) is 18.8 Å². The number of halogens is 1. The molecule has 1 atom stereocenters. The molecule has 0 saturated carbocycles. The maximum atomic E-state index is 14.3. The molecule has 0 radical (unpaired) electrons. The molecular weight excluding hydrogens is 620 g/mol. The van der Waals surface area contributed by atoms with Crippen molar-refractivity contribution < 1.29 is 28.7 Å². The molecular formula is C36H33ClN4O6. The van der Waals surface area contributed by atoms with Gasteiger partial charge in [0.05, 0.1) is 31.6 Å². The maximum absolute atomic E-state index is 14.3. The second-order valence-electron chi connectivity index (χ2n) is 11.2. The van der Waals surface area contributed by atoms with Crippen LogP contribution in [-0.4, -0.2) is 68.4 Å². The van der Waals surface area contributed by atoms with E-state index in [1.807, 2.05) is 24.3 Å². The molecule has 240 valence electrons. The van der Waals surface area contributed by atoms with Gasteiger partial charge in [-0.25, -0.2) is 0 Å². The third kappa shape index (κ3) is 6.98. The molecule has 1 N–H and O–H groups in total. The summed E-state index contributed by atoms with van der Waals surface area (Å²) in [5, 5.41) is 3.51. The van der Waals surface area contributed by atoms with Gasteiger partial charge in [-0.3, -0.25) is 24.1 Å². The number of carbonyl (C=O) groups is 4. The Morgan fingerprint density at radius 3 is 2.38 bits per heavy atom.